The molecular formula is C13H10ClF3N4O. The lowest BCUT2D eigenvalue weighted by molar-refractivity contribution is -0.326. The quantitative estimate of drug-likeness (QED) is 0.860. The molecule has 0 saturated heterocycles. The van der Waals surface area contributed by atoms with Crippen molar-refractivity contribution >= 4 is 11.6 Å². The molecule has 1 aliphatic rings. The third kappa shape index (κ3) is 3.50. The lowest BCUT2D eigenvalue weighted by Crippen LogP contribution is -2.15. The Morgan fingerprint density at radius 3 is 2.91 bits per heavy atom. The van der Waals surface area contributed by atoms with Gasteiger partial charge in [0, 0.05) is 17.9 Å². The molecule has 1 fully saturated rings. The zero-order chi connectivity index (χ0) is 17.5. The number of ether oxygens (including phenoxy) is 1. The predicted octanol–water partition coefficient (Wildman–Crippen LogP) is 3.23. The van der Waals surface area contributed by atoms with Crippen LogP contribution >= 0.6 is 11.6 Å². The van der Waals surface area contributed by atoms with Gasteiger partial charge in [-0.1, -0.05) is 11.6 Å². The lowest BCUT2D eigenvalue weighted by Gasteiger charge is -2.08. The van der Waals surface area contributed by atoms with Gasteiger partial charge in [0.25, 0.3) is 0 Å². The molecule has 1 saturated carbocycles. The van der Waals surface area contributed by atoms with Crippen LogP contribution < -0.4 is 0 Å². The Labute approximate surface area is 131 Å². The maximum absolute atomic E-state index is 12.1. The molecule has 116 valence electrons. The van der Waals surface area contributed by atoms with Crippen LogP contribution in [0.2, 0.25) is 5.15 Å². The highest BCUT2D eigenvalue weighted by Crippen LogP contribution is 2.50. The SMILES string of the molecule is [2H]c1ncc(-c2cc([C@H]3C[C@@H]3COC(F)(F)F)c(Cl)nn2)c([2H])n1. The van der Waals surface area contributed by atoms with Crippen molar-refractivity contribution in [1.82, 2.24) is 20.2 Å². The van der Waals surface area contributed by atoms with Crippen molar-refractivity contribution in [3.05, 3.63) is 35.5 Å². The largest absolute Gasteiger partial charge is 0.522 e. The molecule has 0 unspecified atom stereocenters. The van der Waals surface area contributed by atoms with Crippen LogP contribution in [0.4, 0.5) is 13.2 Å². The fourth-order valence-corrected chi connectivity index (χ4v) is 2.39. The summed E-state index contributed by atoms with van der Waals surface area (Å²) in [4.78, 5) is 7.30. The van der Waals surface area contributed by atoms with Crippen LogP contribution in [0.1, 0.15) is 20.6 Å². The number of rotatable bonds is 4. The summed E-state index contributed by atoms with van der Waals surface area (Å²) in [6, 6.07) is 1.56. The Morgan fingerprint density at radius 2 is 2.18 bits per heavy atom. The van der Waals surface area contributed by atoms with Gasteiger partial charge < -0.3 is 0 Å². The average molecular weight is 333 g/mol. The summed E-state index contributed by atoms with van der Waals surface area (Å²) >= 11 is 5.99. The van der Waals surface area contributed by atoms with E-state index in [1.807, 2.05) is 0 Å². The number of hydrogen-bond acceptors (Lipinski definition) is 5. The first kappa shape index (κ1) is 12.7. The summed E-state index contributed by atoms with van der Waals surface area (Å²) < 4.78 is 55.1. The first-order chi connectivity index (χ1) is 11.2. The molecule has 0 radical (unpaired) electrons. The summed E-state index contributed by atoms with van der Waals surface area (Å²) in [5, 5.41) is 7.76. The summed E-state index contributed by atoms with van der Waals surface area (Å²) in [6.07, 6.45) is -3.37. The number of hydrogen-bond donors (Lipinski definition) is 0. The minimum atomic E-state index is -4.66. The van der Waals surface area contributed by atoms with Crippen molar-refractivity contribution in [2.24, 2.45) is 5.92 Å². The van der Waals surface area contributed by atoms with E-state index >= 15 is 0 Å². The molecule has 2 atom stereocenters. The first-order valence-corrected chi connectivity index (χ1v) is 6.67. The molecule has 0 aromatic carbocycles. The fraction of sp³-hybridized carbons (Fsp3) is 0.385. The van der Waals surface area contributed by atoms with Gasteiger partial charge in [-0.05, 0) is 29.9 Å². The van der Waals surface area contributed by atoms with Gasteiger partial charge in [-0.3, -0.25) is 4.74 Å². The molecule has 0 bridgehead atoms. The van der Waals surface area contributed by atoms with Gasteiger partial charge in [0.1, 0.15) is 7.67 Å². The standard InChI is InChI=1S/C13H10ClF3N4O/c14-12-10(9-1-7(9)5-22-13(15,16)17)2-11(20-21-12)8-3-18-6-19-4-8/h2-4,6-7,9H,1,5H2/t7-,9+/m1/s1/i3D,6D. The van der Waals surface area contributed by atoms with E-state index in [2.05, 4.69) is 24.9 Å². The van der Waals surface area contributed by atoms with Crippen LogP contribution in [0.25, 0.3) is 11.3 Å². The number of alkyl halides is 3. The van der Waals surface area contributed by atoms with Gasteiger partial charge in [-0.15, -0.1) is 23.4 Å². The van der Waals surface area contributed by atoms with Crippen molar-refractivity contribution in [3.8, 4) is 11.3 Å². The van der Waals surface area contributed by atoms with E-state index in [1.54, 1.807) is 6.07 Å². The molecule has 9 heteroatoms. The second kappa shape index (κ2) is 5.77. The Balaban J connectivity index is 1.81. The molecule has 3 rings (SSSR count). The zero-order valence-corrected chi connectivity index (χ0v) is 11.7. The lowest BCUT2D eigenvalue weighted by atomic mass is 10.1. The molecule has 2 aromatic heterocycles. The van der Waals surface area contributed by atoms with Crippen LogP contribution in [0.3, 0.4) is 0 Å². The van der Waals surface area contributed by atoms with E-state index in [1.165, 1.54) is 6.20 Å². The van der Waals surface area contributed by atoms with Gasteiger partial charge in [0.05, 0.1) is 13.7 Å². The molecule has 0 spiro atoms. The summed E-state index contributed by atoms with van der Waals surface area (Å²) in [7, 11) is 0. The van der Waals surface area contributed by atoms with Crippen molar-refractivity contribution in [2.75, 3.05) is 6.61 Å². The minimum Gasteiger partial charge on any atom is -0.292 e. The number of aromatic nitrogens is 4. The normalized spacial score (nSPS) is 22.2. The van der Waals surface area contributed by atoms with Gasteiger partial charge in [-0.25, -0.2) is 9.97 Å². The smallest absolute Gasteiger partial charge is 0.292 e. The summed E-state index contributed by atoms with van der Waals surface area (Å²) in [5.74, 6) is -0.511. The van der Waals surface area contributed by atoms with Gasteiger partial charge >= 0.3 is 6.36 Å². The Morgan fingerprint density at radius 1 is 1.36 bits per heavy atom. The third-order valence-corrected chi connectivity index (χ3v) is 3.61. The number of nitrogens with zero attached hydrogens (tertiary/aromatic N) is 4. The van der Waals surface area contributed by atoms with Crippen LogP contribution in [0, 0.1) is 5.92 Å². The molecule has 0 amide bonds. The van der Waals surface area contributed by atoms with E-state index in [9.17, 15) is 13.2 Å². The second-order valence-corrected chi connectivity index (χ2v) is 5.19. The molecule has 2 aromatic rings. The first-order valence-electron chi connectivity index (χ1n) is 7.29. The van der Waals surface area contributed by atoms with Gasteiger partial charge in [0.15, 0.2) is 5.15 Å². The van der Waals surface area contributed by atoms with Crippen LogP contribution in [-0.2, 0) is 4.74 Å². The van der Waals surface area contributed by atoms with Crippen LogP contribution in [-0.4, -0.2) is 33.1 Å². The van der Waals surface area contributed by atoms with Gasteiger partial charge in [0.2, 0.25) is 0 Å². The summed E-state index contributed by atoms with van der Waals surface area (Å²) in [5.41, 5.74) is 1.09. The van der Waals surface area contributed by atoms with Crippen molar-refractivity contribution in [1.29, 1.82) is 0 Å². The molecular weight excluding hydrogens is 321 g/mol. The monoisotopic (exact) mass is 332 g/mol. The van der Waals surface area contributed by atoms with E-state index in [4.69, 9.17) is 14.3 Å². The van der Waals surface area contributed by atoms with E-state index in [-0.39, 0.29) is 40.7 Å². The van der Waals surface area contributed by atoms with E-state index in [0.717, 1.165) is 0 Å². The van der Waals surface area contributed by atoms with Gasteiger partial charge in [-0.2, -0.15) is 0 Å². The number of halogens is 4. The molecule has 0 N–H and O–H groups in total. The van der Waals surface area contributed by atoms with Crippen molar-refractivity contribution in [3.63, 3.8) is 0 Å². The van der Waals surface area contributed by atoms with Crippen molar-refractivity contribution in [2.45, 2.75) is 18.7 Å². The van der Waals surface area contributed by atoms with Crippen LogP contribution in [0.5, 0.6) is 0 Å². The molecule has 1 aliphatic carbocycles. The van der Waals surface area contributed by atoms with E-state index in [0.29, 0.717) is 12.0 Å². The Hall–Kier alpha value is -1.80. The topological polar surface area (TPSA) is 60.8 Å². The van der Waals surface area contributed by atoms with Crippen molar-refractivity contribution < 1.29 is 20.6 Å². The molecule has 2 heterocycles. The molecule has 5 nitrogen and oxygen atoms in total. The highest BCUT2D eigenvalue weighted by atomic mass is 35.5. The predicted molar refractivity (Wildman–Crippen MR) is 70.9 cm³/mol. The fourth-order valence-electron chi connectivity index (χ4n) is 2.16. The molecule has 22 heavy (non-hydrogen) atoms. The highest BCUT2D eigenvalue weighted by Gasteiger charge is 2.43. The zero-order valence-electron chi connectivity index (χ0n) is 12.9. The Bertz CT molecular complexity index is 777. The average Bonchev–Trinajstić information content (AvgIpc) is 3.25. The maximum atomic E-state index is 12.1. The minimum absolute atomic E-state index is 0.0998. The van der Waals surface area contributed by atoms with E-state index < -0.39 is 13.0 Å². The summed E-state index contributed by atoms with van der Waals surface area (Å²) in [6.45, 7) is -0.442. The van der Waals surface area contributed by atoms with Crippen LogP contribution in [0.15, 0.2) is 24.7 Å². The highest BCUT2D eigenvalue weighted by molar-refractivity contribution is 6.30. The Kier molecular flexibility index (Phi) is 3.33. The third-order valence-electron chi connectivity index (χ3n) is 3.31. The maximum Gasteiger partial charge on any atom is 0.522 e. The molecule has 0 aliphatic heterocycles. The second-order valence-electron chi connectivity index (χ2n) is 4.83.